The van der Waals surface area contributed by atoms with Crippen molar-refractivity contribution in [2.45, 2.75) is 58.0 Å². The zero-order valence-electron chi connectivity index (χ0n) is 12.2. The van der Waals surface area contributed by atoms with Crippen molar-refractivity contribution in [1.82, 2.24) is 4.90 Å². The van der Waals surface area contributed by atoms with Crippen molar-refractivity contribution in [2.24, 2.45) is 0 Å². The highest BCUT2D eigenvalue weighted by atomic mass is 16.1. The third-order valence-corrected chi connectivity index (χ3v) is 4.13. The van der Waals surface area contributed by atoms with Gasteiger partial charge < -0.3 is 0 Å². The van der Waals surface area contributed by atoms with Crippen LogP contribution in [0.2, 0.25) is 0 Å². The number of Topliss-reactive ketones (excluding diaryl/α,β-unsaturated/α-hetero) is 1. The molecular formula is C17H25NO. The smallest absolute Gasteiger partial charge is 0.133 e. The van der Waals surface area contributed by atoms with Gasteiger partial charge >= 0.3 is 0 Å². The Morgan fingerprint density at radius 3 is 2.26 bits per heavy atom. The van der Waals surface area contributed by atoms with Gasteiger partial charge in [-0.05, 0) is 37.4 Å². The van der Waals surface area contributed by atoms with Crippen molar-refractivity contribution in [3.05, 3.63) is 35.4 Å². The molecule has 2 nitrogen and oxygen atoms in total. The molecule has 0 radical (unpaired) electrons. The highest BCUT2D eigenvalue weighted by Crippen LogP contribution is 2.21. The van der Waals surface area contributed by atoms with E-state index in [-0.39, 0.29) is 0 Å². The van der Waals surface area contributed by atoms with Gasteiger partial charge in [0, 0.05) is 25.4 Å². The first-order valence-electron chi connectivity index (χ1n) is 7.48. The normalized spacial score (nSPS) is 17.1. The number of hydrogen-bond donors (Lipinski definition) is 0. The summed E-state index contributed by atoms with van der Waals surface area (Å²) in [6.07, 6.45) is 5.97. The molecule has 1 aliphatic rings. The number of carbonyl (C=O) groups excluding carboxylic acids is 1. The fourth-order valence-electron chi connectivity index (χ4n) is 2.88. The third-order valence-electron chi connectivity index (χ3n) is 4.13. The average molecular weight is 259 g/mol. The summed E-state index contributed by atoms with van der Waals surface area (Å²) in [5, 5.41) is 0. The Morgan fingerprint density at radius 1 is 1.11 bits per heavy atom. The van der Waals surface area contributed by atoms with Crippen molar-refractivity contribution in [3.63, 3.8) is 0 Å². The number of nitrogens with zero attached hydrogens (tertiary/aromatic N) is 1. The van der Waals surface area contributed by atoms with E-state index in [0.29, 0.717) is 11.8 Å². The summed E-state index contributed by atoms with van der Waals surface area (Å²) >= 11 is 0. The van der Waals surface area contributed by atoms with E-state index >= 15 is 0 Å². The fourth-order valence-corrected chi connectivity index (χ4v) is 2.88. The van der Waals surface area contributed by atoms with Gasteiger partial charge in [0.25, 0.3) is 0 Å². The second kappa shape index (κ2) is 6.85. The molecule has 1 fully saturated rings. The zero-order chi connectivity index (χ0) is 13.7. The van der Waals surface area contributed by atoms with E-state index in [9.17, 15) is 4.79 Å². The first-order valence-corrected chi connectivity index (χ1v) is 7.48. The first-order chi connectivity index (χ1) is 9.19. The summed E-state index contributed by atoms with van der Waals surface area (Å²) in [6.45, 7) is 3.21. The van der Waals surface area contributed by atoms with Crippen molar-refractivity contribution < 1.29 is 4.79 Å². The predicted octanol–water partition coefficient (Wildman–Crippen LogP) is 3.58. The summed E-state index contributed by atoms with van der Waals surface area (Å²) in [7, 11) is 2.18. The van der Waals surface area contributed by atoms with E-state index in [1.807, 2.05) is 0 Å². The number of carbonyl (C=O) groups is 1. The highest BCUT2D eigenvalue weighted by Gasteiger charge is 2.21. The molecule has 0 N–H and O–H groups in total. The van der Waals surface area contributed by atoms with Gasteiger partial charge in [0.15, 0.2) is 0 Å². The SMILES string of the molecule is CCCc1ccc(CN(C)C2CCC(=O)CC2)cc1. The predicted molar refractivity (Wildman–Crippen MR) is 79.2 cm³/mol. The first kappa shape index (κ1) is 14.3. The highest BCUT2D eigenvalue weighted by molar-refractivity contribution is 5.79. The Balaban J connectivity index is 1.87. The van der Waals surface area contributed by atoms with Crippen molar-refractivity contribution >= 4 is 5.78 Å². The maximum atomic E-state index is 11.3. The van der Waals surface area contributed by atoms with Crippen LogP contribution in [0.4, 0.5) is 0 Å². The molecule has 0 spiro atoms. The number of ketones is 1. The molecule has 2 heteroatoms. The molecule has 0 unspecified atom stereocenters. The molecule has 0 bridgehead atoms. The lowest BCUT2D eigenvalue weighted by atomic mass is 9.93. The monoisotopic (exact) mass is 259 g/mol. The van der Waals surface area contributed by atoms with Crippen LogP contribution in [0.5, 0.6) is 0 Å². The molecule has 2 rings (SSSR count). The topological polar surface area (TPSA) is 20.3 Å². The molecule has 104 valence electrons. The average Bonchev–Trinajstić information content (AvgIpc) is 2.42. The van der Waals surface area contributed by atoms with Crippen LogP contribution in [0.3, 0.4) is 0 Å². The maximum absolute atomic E-state index is 11.3. The van der Waals surface area contributed by atoms with Crippen LogP contribution in [0.1, 0.15) is 50.2 Å². The van der Waals surface area contributed by atoms with E-state index in [1.54, 1.807) is 0 Å². The van der Waals surface area contributed by atoms with Crippen molar-refractivity contribution in [3.8, 4) is 0 Å². The van der Waals surface area contributed by atoms with Crippen molar-refractivity contribution in [2.75, 3.05) is 7.05 Å². The Bertz CT molecular complexity index is 400. The molecule has 0 aliphatic heterocycles. The lowest BCUT2D eigenvalue weighted by Crippen LogP contribution is -2.34. The van der Waals surface area contributed by atoms with Gasteiger partial charge in [0.2, 0.25) is 0 Å². The zero-order valence-corrected chi connectivity index (χ0v) is 12.2. The van der Waals surface area contributed by atoms with Gasteiger partial charge in [-0.2, -0.15) is 0 Å². The molecule has 0 aromatic heterocycles. The van der Waals surface area contributed by atoms with E-state index in [2.05, 4.69) is 43.1 Å². The van der Waals surface area contributed by atoms with Crippen LogP contribution in [0.25, 0.3) is 0 Å². The van der Waals surface area contributed by atoms with Gasteiger partial charge in [0.1, 0.15) is 5.78 Å². The van der Waals surface area contributed by atoms with Gasteiger partial charge in [-0.3, -0.25) is 9.69 Å². The molecule has 1 saturated carbocycles. The van der Waals surface area contributed by atoms with Crippen LogP contribution < -0.4 is 0 Å². The molecule has 0 amide bonds. The fraction of sp³-hybridized carbons (Fsp3) is 0.588. The number of rotatable bonds is 5. The Hall–Kier alpha value is -1.15. The molecule has 19 heavy (non-hydrogen) atoms. The van der Waals surface area contributed by atoms with Crippen LogP contribution in [0, 0.1) is 0 Å². The number of hydrogen-bond acceptors (Lipinski definition) is 2. The number of aryl methyl sites for hydroxylation is 1. The summed E-state index contributed by atoms with van der Waals surface area (Å²) in [4.78, 5) is 13.7. The van der Waals surface area contributed by atoms with E-state index in [4.69, 9.17) is 0 Å². The molecule has 1 aliphatic carbocycles. The van der Waals surface area contributed by atoms with Crippen LogP contribution in [-0.4, -0.2) is 23.8 Å². The van der Waals surface area contributed by atoms with Crippen LogP contribution >= 0.6 is 0 Å². The molecule has 0 heterocycles. The van der Waals surface area contributed by atoms with Crippen LogP contribution in [0.15, 0.2) is 24.3 Å². The summed E-state index contributed by atoms with van der Waals surface area (Å²) < 4.78 is 0. The van der Waals surface area contributed by atoms with Gasteiger partial charge in [-0.25, -0.2) is 0 Å². The van der Waals surface area contributed by atoms with E-state index in [0.717, 1.165) is 32.2 Å². The molecule has 0 atom stereocenters. The summed E-state index contributed by atoms with van der Waals surface area (Å²) in [5.41, 5.74) is 2.80. The van der Waals surface area contributed by atoms with E-state index in [1.165, 1.54) is 24.0 Å². The minimum Gasteiger partial charge on any atom is -0.300 e. The Kier molecular flexibility index (Phi) is 5.15. The van der Waals surface area contributed by atoms with Crippen molar-refractivity contribution in [1.29, 1.82) is 0 Å². The van der Waals surface area contributed by atoms with Gasteiger partial charge in [-0.1, -0.05) is 37.6 Å². The second-order valence-corrected chi connectivity index (χ2v) is 5.75. The standard InChI is InChI=1S/C17H25NO/c1-3-4-14-5-7-15(8-6-14)13-18(2)16-9-11-17(19)12-10-16/h5-8,16H,3-4,9-13H2,1-2H3. The Morgan fingerprint density at radius 2 is 1.68 bits per heavy atom. The molecular weight excluding hydrogens is 234 g/mol. The lowest BCUT2D eigenvalue weighted by Gasteiger charge is -2.30. The molecule has 1 aromatic rings. The summed E-state index contributed by atoms with van der Waals surface area (Å²) in [5.74, 6) is 0.438. The minimum atomic E-state index is 0.438. The second-order valence-electron chi connectivity index (χ2n) is 5.75. The van der Waals surface area contributed by atoms with E-state index < -0.39 is 0 Å². The molecule has 1 aromatic carbocycles. The largest absolute Gasteiger partial charge is 0.300 e. The Labute approximate surface area is 116 Å². The number of benzene rings is 1. The van der Waals surface area contributed by atoms with Gasteiger partial charge in [0.05, 0.1) is 0 Å². The lowest BCUT2D eigenvalue weighted by molar-refractivity contribution is -0.121. The third kappa shape index (κ3) is 4.17. The minimum absolute atomic E-state index is 0.438. The molecule has 0 saturated heterocycles. The van der Waals surface area contributed by atoms with Gasteiger partial charge in [-0.15, -0.1) is 0 Å². The maximum Gasteiger partial charge on any atom is 0.133 e. The summed E-state index contributed by atoms with van der Waals surface area (Å²) in [6, 6.07) is 9.56. The quantitative estimate of drug-likeness (QED) is 0.805. The van der Waals surface area contributed by atoms with Crippen LogP contribution in [-0.2, 0) is 17.8 Å².